The number of rotatable bonds is 1. The van der Waals surface area contributed by atoms with Gasteiger partial charge in [-0.25, -0.2) is 0 Å². The summed E-state index contributed by atoms with van der Waals surface area (Å²) >= 11 is 0. The third-order valence-electron chi connectivity index (χ3n) is 5.98. The molecule has 4 bridgehead atoms. The highest BCUT2D eigenvalue weighted by Gasteiger charge is 2.51. The predicted molar refractivity (Wildman–Crippen MR) is 77.1 cm³/mol. The number of phenols is 1. The lowest BCUT2D eigenvalue weighted by atomic mass is 9.48. The molecule has 19 heavy (non-hydrogen) atoms. The zero-order chi connectivity index (χ0) is 13.2. The third-order valence-corrected chi connectivity index (χ3v) is 5.98. The Bertz CT molecular complexity index is 476. The van der Waals surface area contributed by atoms with Crippen molar-refractivity contribution in [1.29, 1.82) is 0 Å². The summed E-state index contributed by atoms with van der Waals surface area (Å²) in [5.41, 5.74) is 9.27. The van der Waals surface area contributed by atoms with E-state index in [0.29, 0.717) is 11.1 Å². The van der Waals surface area contributed by atoms with Crippen molar-refractivity contribution in [2.24, 2.45) is 17.8 Å². The second kappa shape index (κ2) is 3.68. The number of aryl methyl sites for hydroxylation is 1. The molecule has 4 fully saturated rings. The fourth-order valence-electron chi connectivity index (χ4n) is 5.58. The normalized spacial score (nSPS) is 39.7. The van der Waals surface area contributed by atoms with Crippen LogP contribution in [0.1, 0.15) is 49.7 Å². The number of hydrogen-bond donors (Lipinski definition) is 2. The van der Waals surface area contributed by atoms with Crippen LogP contribution in [-0.2, 0) is 5.41 Å². The molecule has 0 aromatic heterocycles. The van der Waals surface area contributed by atoms with Crippen LogP contribution in [0.2, 0.25) is 0 Å². The number of nitrogen functional groups attached to an aromatic ring is 1. The Morgan fingerprint density at radius 2 is 1.58 bits per heavy atom. The first-order chi connectivity index (χ1) is 9.06. The summed E-state index contributed by atoms with van der Waals surface area (Å²) in [4.78, 5) is 0. The van der Waals surface area contributed by atoms with Crippen molar-refractivity contribution in [2.75, 3.05) is 5.73 Å². The molecule has 0 atom stereocenters. The summed E-state index contributed by atoms with van der Waals surface area (Å²) in [6, 6.07) is 4.24. The summed E-state index contributed by atoms with van der Waals surface area (Å²) in [6.45, 7) is 1.97. The van der Waals surface area contributed by atoms with E-state index >= 15 is 0 Å². The van der Waals surface area contributed by atoms with Crippen molar-refractivity contribution in [1.82, 2.24) is 0 Å². The predicted octanol–water partition coefficient (Wildman–Crippen LogP) is 3.75. The second-order valence-corrected chi connectivity index (χ2v) is 7.43. The maximum Gasteiger partial charge on any atom is 0.141 e. The average molecular weight is 257 g/mol. The standard InChI is InChI=1S/C17H23NO/c1-10-2-14(6-15(18)16(10)19)17-7-11-3-12(8-17)5-13(4-11)9-17/h2,6,11-13,19H,3-5,7-9,18H2,1H3. The average Bonchev–Trinajstić information content (AvgIpc) is 2.33. The molecule has 0 aliphatic heterocycles. The van der Waals surface area contributed by atoms with Crippen LogP contribution in [-0.4, -0.2) is 5.11 Å². The molecule has 4 aliphatic carbocycles. The summed E-state index contributed by atoms with van der Waals surface area (Å²) in [5, 5.41) is 9.89. The molecule has 0 heterocycles. The van der Waals surface area contributed by atoms with E-state index < -0.39 is 0 Å². The second-order valence-electron chi connectivity index (χ2n) is 7.43. The topological polar surface area (TPSA) is 46.2 Å². The summed E-state index contributed by atoms with van der Waals surface area (Å²) in [6.07, 6.45) is 8.44. The molecule has 0 amide bonds. The van der Waals surface area contributed by atoms with E-state index in [1.54, 1.807) is 0 Å². The molecular weight excluding hydrogens is 234 g/mol. The minimum Gasteiger partial charge on any atom is -0.506 e. The summed E-state index contributed by atoms with van der Waals surface area (Å²) in [7, 11) is 0. The number of nitrogens with two attached hydrogens (primary N) is 1. The van der Waals surface area contributed by atoms with E-state index in [-0.39, 0.29) is 5.75 Å². The highest BCUT2D eigenvalue weighted by atomic mass is 16.3. The van der Waals surface area contributed by atoms with Crippen molar-refractivity contribution < 1.29 is 5.11 Å². The van der Waals surface area contributed by atoms with Gasteiger partial charge >= 0.3 is 0 Å². The fourth-order valence-corrected chi connectivity index (χ4v) is 5.58. The van der Waals surface area contributed by atoms with E-state index in [9.17, 15) is 5.11 Å². The summed E-state index contributed by atoms with van der Waals surface area (Å²) < 4.78 is 0. The molecule has 1 aromatic carbocycles. The van der Waals surface area contributed by atoms with Gasteiger partial charge in [-0.05, 0) is 85.8 Å². The van der Waals surface area contributed by atoms with Crippen molar-refractivity contribution in [3.05, 3.63) is 23.3 Å². The zero-order valence-electron chi connectivity index (χ0n) is 11.7. The first-order valence-electron chi connectivity index (χ1n) is 7.65. The van der Waals surface area contributed by atoms with E-state index in [1.807, 2.05) is 6.92 Å². The monoisotopic (exact) mass is 257 g/mol. The summed E-state index contributed by atoms with van der Waals surface area (Å²) in [5.74, 6) is 3.11. The Morgan fingerprint density at radius 1 is 1.05 bits per heavy atom. The molecule has 0 radical (unpaired) electrons. The Kier molecular flexibility index (Phi) is 2.25. The van der Waals surface area contributed by atoms with Crippen LogP contribution < -0.4 is 5.73 Å². The van der Waals surface area contributed by atoms with Crippen LogP contribution in [0.15, 0.2) is 12.1 Å². The molecule has 0 unspecified atom stereocenters. The maximum absolute atomic E-state index is 9.89. The molecule has 1 aromatic rings. The van der Waals surface area contributed by atoms with Gasteiger partial charge in [0.05, 0.1) is 5.69 Å². The van der Waals surface area contributed by atoms with Gasteiger partial charge < -0.3 is 10.8 Å². The number of anilines is 1. The maximum atomic E-state index is 9.89. The van der Waals surface area contributed by atoms with Crippen molar-refractivity contribution in [3.63, 3.8) is 0 Å². The smallest absolute Gasteiger partial charge is 0.141 e. The van der Waals surface area contributed by atoms with Crippen LogP contribution in [0, 0.1) is 24.7 Å². The van der Waals surface area contributed by atoms with E-state index in [0.717, 1.165) is 23.3 Å². The van der Waals surface area contributed by atoms with Crippen molar-refractivity contribution in [2.45, 2.75) is 50.9 Å². The SMILES string of the molecule is Cc1cc(C23CC4CC(CC(C4)C2)C3)cc(N)c1O. The first kappa shape index (κ1) is 11.6. The van der Waals surface area contributed by atoms with Gasteiger partial charge in [0.25, 0.3) is 0 Å². The van der Waals surface area contributed by atoms with Crippen LogP contribution >= 0.6 is 0 Å². The minimum absolute atomic E-state index is 0.272. The van der Waals surface area contributed by atoms with Gasteiger partial charge in [0.2, 0.25) is 0 Å². The quantitative estimate of drug-likeness (QED) is 0.594. The van der Waals surface area contributed by atoms with Crippen LogP contribution in [0.3, 0.4) is 0 Å². The molecule has 2 heteroatoms. The minimum atomic E-state index is 0.272. The third kappa shape index (κ3) is 1.62. The van der Waals surface area contributed by atoms with Gasteiger partial charge in [-0.1, -0.05) is 6.07 Å². The number of benzene rings is 1. The number of aromatic hydroxyl groups is 1. The van der Waals surface area contributed by atoms with Gasteiger partial charge in [-0.2, -0.15) is 0 Å². The Labute approximate surface area is 115 Å². The fraction of sp³-hybridized carbons (Fsp3) is 0.647. The Morgan fingerprint density at radius 3 is 2.05 bits per heavy atom. The molecule has 0 saturated heterocycles. The van der Waals surface area contributed by atoms with Crippen LogP contribution in [0.5, 0.6) is 5.75 Å². The lowest BCUT2D eigenvalue weighted by Crippen LogP contribution is -2.48. The molecule has 2 nitrogen and oxygen atoms in total. The van der Waals surface area contributed by atoms with Crippen LogP contribution in [0.25, 0.3) is 0 Å². The molecule has 102 valence electrons. The molecule has 0 spiro atoms. The van der Waals surface area contributed by atoms with E-state index in [4.69, 9.17) is 5.73 Å². The Hall–Kier alpha value is -1.18. The molecular formula is C17H23NO. The molecule has 4 aliphatic rings. The van der Waals surface area contributed by atoms with Gasteiger partial charge in [0.1, 0.15) is 5.75 Å². The van der Waals surface area contributed by atoms with E-state index in [1.165, 1.54) is 44.1 Å². The van der Waals surface area contributed by atoms with Gasteiger partial charge in [0.15, 0.2) is 0 Å². The lowest BCUT2D eigenvalue weighted by molar-refractivity contribution is -0.00520. The Balaban J connectivity index is 1.79. The van der Waals surface area contributed by atoms with Gasteiger partial charge in [-0.3, -0.25) is 0 Å². The highest BCUT2D eigenvalue weighted by Crippen LogP contribution is 2.61. The van der Waals surface area contributed by atoms with Gasteiger partial charge in [0, 0.05) is 0 Å². The molecule has 4 saturated carbocycles. The zero-order valence-corrected chi connectivity index (χ0v) is 11.7. The number of hydrogen-bond acceptors (Lipinski definition) is 2. The van der Waals surface area contributed by atoms with Gasteiger partial charge in [-0.15, -0.1) is 0 Å². The number of phenolic OH excluding ortho intramolecular Hbond substituents is 1. The largest absolute Gasteiger partial charge is 0.506 e. The first-order valence-corrected chi connectivity index (χ1v) is 7.65. The molecule has 3 N–H and O–H groups in total. The van der Waals surface area contributed by atoms with Crippen molar-refractivity contribution >= 4 is 5.69 Å². The lowest BCUT2D eigenvalue weighted by Gasteiger charge is -2.57. The molecule has 5 rings (SSSR count). The van der Waals surface area contributed by atoms with Crippen molar-refractivity contribution in [3.8, 4) is 5.75 Å². The van der Waals surface area contributed by atoms with E-state index in [2.05, 4.69) is 12.1 Å². The van der Waals surface area contributed by atoms with Crippen LogP contribution in [0.4, 0.5) is 5.69 Å². The highest BCUT2D eigenvalue weighted by molar-refractivity contribution is 5.59.